The number of hydrogen-bond acceptors (Lipinski definition) is 4. The topological polar surface area (TPSA) is 52.1 Å². The van der Waals surface area contributed by atoms with Crippen LogP contribution in [0.4, 0.5) is 0 Å². The van der Waals surface area contributed by atoms with Crippen molar-refractivity contribution in [2.75, 3.05) is 0 Å². The van der Waals surface area contributed by atoms with Crippen LogP contribution in [0.15, 0.2) is 81.6 Å². The Labute approximate surface area is 147 Å². The van der Waals surface area contributed by atoms with E-state index in [9.17, 15) is 0 Å². The van der Waals surface area contributed by atoms with Gasteiger partial charge in [0.15, 0.2) is 11.2 Å². The first-order chi connectivity index (χ1) is 12.9. The molecular weight excluding hydrogens is 324 g/mol. The maximum atomic E-state index is 6.04. The van der Waals surface area contributed by atoms with Gasteiger partial charge in [0, 0.05) is 10.8 Å². The summed E-state index contributed by atoms with van der Waals surface area (Å²) in [4.78, 5) is 9.25. The van der Waals surface area contributed by atoms with Gasteiger partial charge in [-0.15, -0.1) is 0 Å². The summed E-state index contributed by atoms with van der Waals surface area (Å²) >= 11 is 0. The summed E-state index contributed by atoms with van der Waals surface area (Å²) in [5.74, 6) is 0.799. The number of rotatable bonds is 1. The van der Waals surface area contributed by atoms with Crippen molar-refractivity contribution in [2.45, 2.75) is 0 Å². The summed E-state index contributed by atoms with van der Waals surface area (Å²) in [5, 5.41) is 4.33. The number of nitrogens with zero attached hydrogens (tertiary/aromatic N) is 2. The number of hydrogen-bond donors (Lipinski definition) is 0. The highest BCUT2D eigenvalue weighted by molar-refractivity contribution is 6.05. The third-order valence-corrected chi connectivity index (χ3v) is 4.75. The molecule has 0 amide bonds. The summed E-state index contributed by atoms with van der Waals surface area (Å²) < 4.78 is 12.0. The molecule has 0 unspecified atom stereocenters. The molecule has 4 aromatic carbocycles. The highest BCUT2D eigenvalue weighted by Gasteiger charge is 2.17. The number of benzene rings is 4. The van der Waals surface area contributed by atoms with Crippen LogP contribution in [0.3, 0.4) is 0 Å². The van der Waals surface area contributed by atoms with Crippen molar-refractivity contribution < 1.29 is 8.83 Å². The minimum atomic E-state index is 0.400. The molecule has 4 nitrogen and oxygen atoms in total. The van der Waals surface area contributed by atoms with Crippen LogP contribution < -0.4 is 0 Å². The van der Waals surface area contributed by atoms with Gasteiger partial charge in [0.25, 0.3) is 11.8 Å². The second-order valence-corrected chi connectivity index (χ2v) is 6.31. The van der Waals surface area contributed by atoms with Gasteiger partial charge in [0.05, 0.1) is 0 Å². The highest BCUT2D eigenvalue weighted by atomic mass is 16.4. The van der Waals surface area contributed by atoms with Crippen LogP contribution in [0.2, 0.25) is 0 Å². The van der Waals surface area contributed by atoms with Gasteiger partial charge in [0.1, 0.15) is 11.0 Å². The monoisotopic (exact) mass is 336 g/mol. The lowest BCUT2D eigenvalue weighted by molar-refractivity contribution is 0.551. The minimum Gasteiger partial charge on any atom is -0.432 e. The lowest BCUT2D eigenvalue weighted by Gasteiger charge is -1.95. The van der Waals surface area contributed by atoms with Gasteiger partial charge in [-0.05, 0) is 22.9 Å². The normalized spacial score (nSPS) is 11.8. The van der Waals surface area contributed by atoms with Gasteiger partial charge in [0.2, 0.25) is 0 Å². The molecule has 6 aromatic rings. The van der Waals surface area contributed by atoms with E-state index >= 15 is 0 Å². The minimum absolute atomic E-state index is 0.400. The van der Waals surface area contributed by atoms with Crippen LogP contribution >= 0.6 is 0 Å². The van der Waals surface area contributed by atoms with E-state index < -0.39 is 0 Å². The second-order valence-electron chi connectivity index (χ2n) is 6.31. The lowest BCUT2D eigenvalue weighted by Crippen LogP contribution is -1.77. The predicted octanol–water partition coefficient (Wildman–Crippen LogP) is 5.94. The molecule has 0 saturated carbocycles. The first-order valence-electron chi connectivity index (χ1n) is 8.44. The Morgan fingerprint density at radius 2 is 1.27 bits per heavy atom. The number of aromatic nitrogens is 2. The fraction of sp³-hybridized carbons (Fsp3) is 0. The van der Waals surface area contributed by atoms with E-state index in [-0.39, 0.29) is 0 Å². The van der Waals surface area contributed by atoms with Crippen LogP contribution in [0, 0.1) is 0 Å². The van der Waals surface area contributed by atoms with Gasteiger partial charge in [-0.2, -0.15) is 0 Å². The second kappa shape index (κ2) is 4.92. The molecular formula is C22H12N2O2. The van der Waals surface area contributed by atoms with E-state index in [0.717, 1.165) is 43.7 Å². The molecule has 0 atom stereocenters. The smallest absolute Gasteiger partial charge is 0.284 e. The van der Waals surface area contributed by atoms with Gasteiger partial charge in [-0.1, -0.05) is 60.7 Å². The van der Waals surface area contributed by atoms with Crippen LogP contribution in [0.5, 0.6) is 0 Å². The Hall–Kier alpha value is -3.66. The van der Waals surface area contributed by atoms with Crippen molar-refractivity contribution in [3.8, 4) is 11.8 Å². The number of oxazole rings is 2. The number of fused-ring (bicyclic) bond motifs is 6. The highest BCUT2D eigenvalue weighted by Crippen LogP contribution is 2.33. The van der Waals surface area contributed by atoms with E-state index in [1.807, 2.05) is 60.7 Å². The van der Waals surface area contributed by atoms with Crippen molar-refractivity contribution in [3.63, 3.8) is 0 Å². The van der Waals surface area contributed by atoms with Gasteiger partial charge in [-0.25, -0.2) is 9.97 Å². The van der Waals surface area contributed by atoms with Crippen LogP contribution in [0.25, 0.3) is 55.5 Å². The Morgan fingerprint density at radius 1 is 0.577 bits per heavy atom. The van der Waals surface area contributed by atoms with Gasteiger partial charge in [-0.3, -0.25) is 0 Å². The first kappa shape index (κ1) is 13.6. The average molecular weight is 336 g/mol. The van der Waals surface area contributed by atoms with E-state index in [4.69, 9.17) is 8.83 Å². The molecule has 6 rings (SSSR count). The lowest BCUT2D eigenvalue weighted by atomic mass is 10.1. The van der Waals surface area contributed by atoms with Crippen molar-refractivity contribution >= 4 is 43.7 Å². The molecule has 0 spiro atoms. The van der Waals surface area contributed by atoms with Crippen LogP contribution in [-0.2, 0) is 0 Å². The van der Waals surface area contributed by atoms with E-state index in [1.54, 1.807) is 0 Å². The summed E-state index contributed by atoms with van der Waals surface area (Å²) in [7, 11) is 0. The van der Waals surface area contributed by atoms with E-state index in [0.29, 0.717) is 11.8 Å². The standard InChI is InChI=1S/C22H12N2O2/c1-3-7-15-13(5-1)10-12-18-19(15)24-22(25-18)21-23-17-11-9-14-6-2-4-8-16(14)20(17)26-21/h1-12H. The Morgan fingerprint density at radius 3 is 2.15 bits per heavy atom. The molecule has 0 aliphatic heterocycles. The molecule has 26 heavy (non-hydrogen) atoms. The van der Waals surface area contributed by atoms with Crippen LogP contribution in [-0.4, -0.2) is 9.97 Å². The summed E-state index contributed by atoms with van der Waals surface area (Å²) in [6.45, 7) is 0. The molecule has 122 valence electrons. The molecule has 0 N–H and O–H groups in total. The fourth-order valence-corrected chi connectivity index (χ4v) is 3.50. The Kier molecular flexibility index (Phi) is 2.58. The first-order valence-corrected chi connectivity index (χ1v) is 8.44. The maximum Gasteiger partial charge on any atom is 0.284 e. The third kappa shape index (κ3) is 1.84. The molecule has 4 heteroatoms. The largest absolute Gasteiger partial charge is 0.432 e. The van der Waals surface area contributed by atoms with Crippen LogP contribution in [0.1, 0.15) is 0 Å². The maximum absolute atomic E-state index is 6.04. The summed E-state index contributed by atoms with van der Waals surface area (Å²) in [5.41, 5.74) is 3.10. The molecule has 0 fully saturated rings. The SMILES string of the molecule is c1ccc2c(c1)ccc1oc(-c3nc4ccc5ccccc5c4o3)nc12. The van der Waals surface area contributed by atoms with Crippen molar-refractivity contribution in [1.82, 2.24) is 9.97 Å². The molecule has 0 radical (unpaired) electrons. The molecule has 2 heterocycles. The van der Waals surface area contributed by atoms with Crippen molar-refractivity contribution in [2.24, 2.45) is 0 Å². The Bertz CT molecular complexity index is 1330. The summed E-state index contributed by atoms with van der Waals surface area (Å²) in [6, 6.07) is 24.2. The van der Waals surface area contributed by atoms with E-state index in [2.05, 4.69) is 22.1 Å². The van der Waals surface area contributed by atoms with Crippen molar-refractivity contribution in [3.05, 3.63) is 72.8 Å². The quantitative estimate of drug-likeness (QED) is 0.373. The zero-order valence-electron chi connectivity index (χ0n) is 13.6. The molecule has 2 aromatic heterocycles. The van der Waals surface area contributed by atoms with Crippen molar-refractivity contribution in [1.29, 1.82) is 0 Å². The molecule has 0 bridgehead atoms. The Balaban J connectivity index is 1.62. The van der Waals surface area contributed by atoms with E-state index in [1.165, 1.54) is 0 Å². The molecule has 0 aliphatic rings. The zero-order valence-corrected chi connectivity index (χ0v) is 13.6. The molecule has 0 aliphatic carbocycles. The van der Waals surface area contributed by atoms with Gasteiger partial charge < -0.3 is 8.83 Å². The predicted molar refractivity (Wildman–Crippen MR) is 102 cm³/mol. The average Bonchev–Trinajstić information content (AvgIpc) is 3.32. The zero-order chi connectivity index (χ0) is 17.1. The molecule has 0 saturated heterocycles. The summed E-state index contributed by atoms with van der Waals surface area (Å²) in [6.07, 6.45) is 0. The fourth-order valence-electron chi connectivity index (χ4n) is 3.50. The van der Waals surface area contributed by atoms with Gasteiger partial charge >= 0.3 is 0 Å². The third-order valence-electron chi connectivity index (χ3n) is 4.75.